The van der Waals surface area contributed by atoms with Crippen molar-refractivity contribution in [2.45, 2.75) is 58.5 Å². The molecule has 0 saturated heterocycles. The molecule has 0 bridgehead atoms. The molecule has 1 amide bonds. The number of anilines is 1. The molecule has 4 rings (SSSR count). The summed E-state index contributed by atoms with van der Waals surface area (Å²) in [5.74, 6) is -0.0420. The summed E-state index contributed by atoms with van der Waals surface area (Å²) >= 11 is 0. The van der Waals surface area contributed by atoms with Gasteiger partial charge in [0.25, 0.3) is 5.89 Å². The number of esters is 1. The van der Waals surface area contributed by atoms with E-state index in [1.165, 1.54) is 5.56 Å². The molecule has 0 N–H and O–H groups in total. The van der Waals surface area contributed by atoms with E-state index < -0.39 is 5.92 Å². The summed E-state index contributed by atoms with van der Waals surface area (Å²) in [5, 5.41) is 3.88. The number of fused-ring (bicyclic) bond motifs is 1. The highest BCUT2D eigenvalue weighted by atomic mass is 16.6. The minimum absolute atomic E-state index is 0.0384. The molecule has 1 aromatic heterocycles. The molecular formula is C22H27N3O4. The lowest BCUT2D eigenvalue weighted by atomic mass is 9.78. The number of carbonyl (C=O) groups excluding carboxylic acids is 2. The third-order valence-electron chi connectivity index (χ3n) is 5.88. The van der Waals surface area contributed by atoms with Crippen LogP contribution in [0.3, 0.4) is 0 Å². The topological polar surface area (TPSA) is 85.5 Å². The van der Waals surface area contributed by atoms with E-state index in [1.54, 1.807) is 0 Å². The first-order valence-electron chi connectivity index (χ1n) is 10.4. The minimum atomic E-state index is -0.420. The zero-order chi connectivity index (χ0) is 20.4. The average Bonchev–Trinajstić information content (AvgIpc) is 3.39. The second-order valence-corrected chi connectivity index (χ2v) is 8.17. The van der Waals surface area contributed by atoms with Crippen molar-refractivity contribution < 1.29 is 18.8 Å². The number of amides is 1. The van der Waals surface area contributed by atoms with Crippen molar-refractivity contribution in [3.8, 4) is 0 Å². The lowest BCUT2D eigenvalue weighted by molar-refractivity contribution is -0.156. The molecule has 1 aliphatic heterocycles. The summed E-state index contributed by atoms with van der Waals surface area (Å²) in [6.07, 6.45) is 4.13. The molecule has 0 radical (unpaired) electrons. The van der Waals surface area contributed by atoms with Gasteiger partial charge in [0.2, 0.25) is 5.91 Å². The fraction of sp³-hybridized carbons (Fsp3) is 0.545. The summed E-state index contributed by atoms with van der Waals surface area (Å²) in [7, 11) is 0. The van der Waals surface area contributed by atoms with Gasteiger partial charge in [-0.3, -0.25) is 9.59 Å². The first-order chi connectivity index (χ1) is 14.0. The van der Waals surface area contributed by atoms with E-state index in [0.29, 0.717) is 18.8 Å². The van der Waals surface area contributed by atoms with Crippen LogP contribution in [0.2, 0.25) is 0 Å². The van der Waals surface area contributed by atoms with E-state index in [-0.39, 0.29) is 36.2 Å². The molecule has 2 heterocycles. The van der Waals surface area contributed by atoms with Gasteiger partial charge in [0.05, 0.1) is 11.8 Å². The number of nitrogens with zero attached hydrogens (tertiary/aromatic N) is 3. The Labute approximate surface area is 170 Å². The first kappa shape index (κ1) is 19.6. The monoisotopic (exact) mass is 397 g/mol. The van der Waals surface area contributed by atoms with Gasteiger partial charge >= 0.3 is 5.97 Å². The van der Waals surface area contributed by atoms with Crippen LogP contribution < -0.4 is 4.90 Å². The smallest absolute Gasteiger partial charge is 0.310 e. The van der Waals surface area contributed by atoms with Gasteiger partial charge in [-0.2, -0.15) is 4.98 Å². The first-order valence-corrected chi connectivity index (χ1v) is 10.4. The second kappa shape index (κ2) is 8.35. The third-order valence-corrected chi connectivity index (χ3v) is 5.88. The molecule has 1 saturated carbocycles. The van der Waals surface area contributed by atoms with E-state index in [1.807, 2.05) is 36.9 Å². The van der Waals surface area contributed by atoms with Gasteiger partial charge in [-0.05, 0) is 30.9 Å². The zero-order valence-electron chi connectivity index (χ0n) is 17.0. The molecule has 1 aliphatic carbocycles. The summed E-state index contributed by atoms with van der Waals surface area (Å²) in [4.78, 5) is 32.2. The molecule has 2 atom stereocenters. The van der Waals surface area contributed by atoms with E-state index >= 15 is 0 Å². The molecular weight excluding hydrogens is 370 g/mol. The van der Waals surface area contributed by atoms with Crippen LogP contribution in [0, 0.1) is 11.8 Å². The molecule has 154 valence electrons. The lowest BCUT2D eigenvalue weighted by Crippen LogP contribution is -2.42. The Bertz CT molecular complexity index is 892. The van der Waals surface area contributed by atoms with Gasteiger partial charge in [0, 0.05) is 18.2 Å². The van der Waals surface area contributed by atoms with Crippen LogP contribution in [0.25, 0.3) is 0 Å². The summed E-state index contributed by atoms with van der Waals surface area (Å²) in [6, 6.07) is 7.99. The number of hydrogen-bond donors (Lipinski definition) is 0. The predicted molar refractivity (Wildman–Crippen MR) is 106 cm³/mol. The number of aromatic nitrogens is 2. The van der Waals surface area contributed by atoms with Crippen LogP contribution in [0.4, 0.5) is 5.69 Å². The molecule has 7 heteroatoms. The number of benzene rings is 1. The van der Waals surface area contributed by atoms with Crippen LogP contribution >= 0.6 is 0 Å². The van der Waals surface area contributed by atoms with Crippen molar-refractivity contribution in [1.29, 1.82) is 0 Å². The van der Waals surface area contributed by atoms with Gasteiger partial charge < -0.3 is 14.2 Å². The van der Waals surface area contributed by atoms with Crippen molar-refractivity contribution in [1.82, 2.24) is 10.1 Å². The standard InChI is InChI=1S/C22H27N3O4/c1-14(2)20-23-19(29-24-20)13-28-22(27)17-9-5-4-8-16(17)21(26)25-12-11-15-7-3-6-10-18(15)25/h3,6-7,10,14,16-17H,4-5,8-9,11-13H2,1-2H3/t16-,17-/m0/s1. The Morgan fingerprint density at radius 2 is 1.97 bits per heavy atom. The highest BCUT2D eigenvalue weighted by Gasteiger charge is 2.40. The highest BCUT2D eigenvalue weighted by molar-refractivity contribution is 5.99. The number of hydrogen-bond acceptors (Lipinski definition) is 6. The van der Waals surface area contributed by atoms with E-state index in [9.17, 15) is 9.59 Å². The number of para-hydroxylation sites is 1. The quantitative estimate of drug-likeness (QED) is 0.716. The van der Waals surface area contributed by atoms with Crippen molar-refractivity contribution in [2.24, 2.45) is 11.8 Å². The molecule has 1 fully saturated rings. The highest BCUT2D eigenvalue weighted by Crippen LogP contribution is 2.36. The summed E-state index contributed by atoms with van der Waals surface area (Å²) in [5.41, 5.74) is 2.16. The normalized spacial score (nSPS) is 21.3. The van der Waals surface area contributed by atoms with Crippen LogP contribution in [0.5, 0.6) is 0 Å². The van der Waals surface area contributed by atoms with Crippen LogP contribution in [0.15, 0.2) is 28.8 Å². The average molecular weight is 397 g/mol. The van der Waals surface area contributed by atoms with Crippen molar-refractivity contribution >= 4 is 17.6 Å². The maximum atomic E-state index is 13.3. The Morgan fingerprint density at radius 3 is 2.72 bits per heavy atom. The molecule has 1 aromatic carbocycles. The molecule has 0 spiro atoms. The van der Waals surface area contributed by atoms with Crippen molar-refractivity contribution in [3.63, 3.8) is 0 Å². The predicted octanol–water partition coefficient (Wildman–Crippen LogP) is 3.63. The van der Waals surface area contributed by atoms with Gasteiger partial charge in [-0.1, -0.05) is 50.0 Å². The Morgan fingerprint density at radius 1 is 1.21 bits per heavy atom. The van der Waals surface area contributed by atoms with Crippen LogP contribution in [-0.2, 0) is 27.4 Å². The van der Waals surface area contributed by atoms with Crippen LogP contribution in [0.1, 0.15) is 62.7 Å². The number of carbonyl (C=O) groups is 2. The van der Waals surface area contributed by atoms with Gasteiger partial charge in [-0.15, -0.1) is 0 Å². The molecule has 2 aromatic rings. The number of ether oxygens (including phenoxy) is 1. The van der Waals surface area contributed by atoms with E-state index in [2.05, 4.69) is 16.2 Å². The lowest BCUT2D eigenvalue weighted by Gasteiger charge is -2.32. The number of rotatable bonds is 5. The Balaban J connectivity index is 1.43. The van der Waals surface area contributed by atoms with E-state index in [4.69, 9.17) is 9.26 Å². The van der Waals surface area contributed by atoms with Gasteiger partial charge in [0.15, 0.2) is 12.4 Å². The molecule has 29 heavy (non-hydrogen) atoms. The van der Waals surface area contributed by atoms with Crippen LogP contribution in [-0.4, -0.2) is 28.6 Å². The van der Waals surface area contributed by atoms with Crippen molar-refractivity contribution in [3.05, 3.63) is 41.5 Å². The fourth-order valence-electron chi connectivity index (χ4n) is 4.28. The third kappa shape index (κ3) is 4.04. The van der Waals surface area contributed by atoms with E-state index in [0.717, 1.165) is 31.4 Å². The Kier molecular flexibility index (Phi) is 5.65. The SMILES string of the molecule is CC(C)c1noc(COC(=O)[C@H]2CCCC[C@@H]2C(=O)N2CCc3ccccc32)n1. The minimum Gasteiger partial charge on any atom is -0.455 e. The van der Waals surface area contributed by atoms with Gasteiger partial charge in [0.1, 0.15) is 0 Å². The molecule has 7 nitrogen and oxygen atoms in total. The second-order valence-electron chi connectivity index (χ2n) is 8.17. The summed E-state index contributed by atoms with van der Waals surface area (Å²) in [6.45, 7) is 4.56. The maximum absolute atomic E-state index is 13.3. The molecule has 0 unspecified atom stereocenters. The molecule has 2 aliphatic rings. The Hall–Kier alpha value is -2.70. The van der Waals surface area contributed by atoms with Gasteiger partial charge in [-0.25, -0.2) is 0 Å². The fourth-order valence-corrected chi connectivity index (χ4v) is 4.28. The largest absolute Gasteiger partial charge is 0.455 e. The summed E-state index contributed by atoms with van der Waals surface area (Å²) < 4.78 is 10.6. The van der Waals surface area contributed by atoms with Crippen molar-refractivity contribution in [2.75, 3.05) is 11.4 Å². The zero-order valence-corrected chi connectivity index (χ0v) is 17.0. The maximum Gasteiger partial charge on any atom is 0.310 e.